The lowest BCUT2D eigenvalue weighted by Gasteiger charge is -2.34. The summed E-state index contributed by atoms with van der Waals surface area (Å²) in [6.45, 7) is 0.780. The largest absolute Gasteiger partial charge is 0.339 e. The third-order valence-electron chi connectivity index (χ3n) is 4.52. The molecule has 2 aliphatic rings. The summed E-state index contributed by atoms with van der Waals surface area (Å²) < 4.78 is 2.00. The molecule has 0 aliphatic carbocycles. The number of halogens is 1. The molecular formula is C14H15ClN4O. The second kappa shape index (κ2) is 4.45. The van der Waals surface area contributed by atoms with Crippen LogP contribution in [-0.4, -0.2) is 37.8 Å². The molecule has 4 heterocycles. The third kappa shape index (κ3) is 1.73. The summed E-state index contributed by atoms with van der Waals surface area (Å²) >= 11 is 6.09. The van der Waals surface area contributed by atoms with Crippen LogP contribution < -0.4 is 0 Å². The van der Waals surface area contributed by atoms with Gasteiger partial charge in [0.2, 0.25) is 5.91 Å². The topological polar surface area (TPSA) is 50.5 Å². The molecule has 20 heavy (non-hydrogen) atoms. The van der Waals surface area contributed by atoms with E-state index in [1.165, 1.54) is 0 Å². The van der Waals surface area contributed by atoms with Crippen molar-refractivity contribution in [1.29, 1.82) is 0 Å². The lowest BCUT2D eigenvalue weighted by molar-refractivity contribution is -0.130. The van der Waals surface area contributed by atoms with Crippen LogP contribution in [0, 0.1) is 0 Å². The Hall–Kier alpha value is -1.62. The normalized spacial score (nSPS) is 26.2. The number of amides is 1. The van der Waals surface area contributed by atoms with Gasteiger partial charge in [-0.3, -0.25) is 9.20 Å². The van der Waals surface area contributed by atoms with E-state index in [0.29, 0.717) is 23.5 Å². The fourth-order valence-electron chi connectivity index (χ4n) is 3.50. The first-order valence-electron chi connectivity index (χ1n) is 7.01. The number of hydrogen-bond donors (Lipinski definition) is 0. The fourth-order valence-corrected chi connectivity index (χ4v) is 3.69. The van der Waals surface area contributed by atoms with Crippen LogP contribution in [0.3, 0.4) is 0 Å². The van der Waals surface area contributed by atoms with Crippen LogP contribution in [0.15, 0.2) is 18.6 Å². The number of imidazole rings is 1. The lowest BCUT2D eigenvalue weighted by Crippen LogP contribution is -2.41. The molecule has 6 heteroatoms. The van der Waals surface area contributed by atoms with E-state index in [2.05, 4.69) is 9.97 Å². The molecule has 0 bridgehead atoms. The predicted molar refractivity (Wildman–Crippen MR) is 74.7 cm³/mol. The van der Waals surface area contributed by atoms with Gasteiger partial charge in [-0.1, -0.05) is 11.6 Å². The molecule has 104 valence electrons. The maximum atomic E-state index is 11.9. The number of carbonyl (C=O) groups excluding carboxylic acids is 1. The van der Waals surface area contributed by atoms with Crippen molar-refractivity contribution in [3.63, 3.8) is 0 Å². The Bertz CT molecular complexity index is 683. The van der Waals surface area contributed by atoms with Gasteiger partial charge in [-0.05, 0) is 19.3 Å². The molecule has 0 radical (unpaired) electrons. The maximum Gasteiger partial charge on any atom is 0.222 e. The Balaban J connectivity index is 1.70. The first kappa shape index (κ1) is 12.1. The first-order valence-corrected chi connectivity index (χ1v) is 7.39. The van der Waals surface area contributed by atoms with E-state index >= 15 is 0 Å². The fraction of sp³-hybridized carbons (Fsp3) is 0.500. The number of piperidine rings is 1. The van der Waals surface area contributed by atoms with Gasteiger partial charge in [0.25, 0.3) is 0 Å². The highest BCUT2D eigenvalue weighted by molar-refractivity contribution is 6.32. The highest BCUT2D eigenvalue weighted by Crippen LogP contribution is 2.35. The Morgan fingerprint density at radius 1 is 1.25 bits per heavy atom. The minimum Gasteiger partial charge on any atom is -0.339 e. The van der Waals surface area contributed by atoms with Crippen LogP contribution in [0.5, 0.6) is 0 Å². The molecule has 2 saturated heterocycles. The van der Waals surface area contributed by atoms with E-state index in [4.69, 9.17) is 11.6 Å². The van der Waals surface area contributed by atoms with Crippen LogP contribution in [0.4, 0.5) is 0 Å². The Morgan fingerprint density at radius 2 is 2.15 bits per heavy atom. The standard InChI is InChI=1S/C14H15ClN4O/c15-13-11-7-17-14(18(11)6-5-16-13)9-1-2-10-3-4-12(20)19(10)8-9/h5-7,9-10H,1-4,8H2/t9?,10-/m0/s1. The summed E-state index contributed by atoms with van der Waals surface area (Å²) in [6.07, 6.45) is 9.22. The molecule has 1 unspecified atom stereocenters. The van der Waals surface area contributed by atoms with Crippen molar-refractivity contribution in [2.45, 2.75) is 37.6 Å². The zero-order valence-electron chi connectivity index (χ0n) is 11.0. The van der Waals surface area contributed by atoms with E-state index in [9.17, 15) is 4.79 Å². The quantitative estimate of drug-likeness (QED) is 0.809. The van der Waals surface area contributed by atoms with Crippen molar-refractivity contribution in [2.24, 2.45) is 0 Å². The van der Waals surface area contributed by atoms with E-state index in [1.807, 2.05) is 15.5 Å². The second-order valence-electron chi connectivity index (χ2n) is 5.60. The number of hydrogen-bond acceptors (Lipinski definition) is 3. The Labute approximate surface area is 121 Å². The molecule has 4 rings (SSSR count). The average Bonchev–Trinajstić information content (AvgIpc) is 3.04. The lowest BCUT2D eigenvalue weighted by atomic mass is 9.93. The predicted octanol–water partition coefficient (Wildman–Crippen LogP) is 2.25. The van der Waals surface area contributed by atoms with Gasteiger partial charge in [0.05, 0.1) is 6.20 Å². The first-order chi connectivity index (χ1) is 9.74. The number of aromatic nitrogens is 3. The van der Waals surface area contributed by atoms with Crippen molar-refractivity contribution < 1.29 is 4.79 Å². The van der Waals surface area contributed by atoms with Gasteiger partial charge in [-0.25, -0.2) is 9.97 Å². The molecular weight excluding hydrogens is 276 g/mol. The number of nitrogens with zero attached hydrogens (tertiary/aromatic N) is 4. The summed E-state index contributed by atoms with van der Waals surface area (Å²) in [4.78, 5) is 22.5. The van der Waals surface area contributed by atoms with Gasteiger partial charge < -0.3 is 4.90 Å². The van der Waals surface area contributed by atoms with Crippen LogP contribution in [0.2, 0.25) is 5.15 Å². The van der Waals surface area contributed by atoms with Gasteiger partial charge in [0.15, 0.2) is 5.15 Å². The number of fused-ring (bicyclic) bond motifs is 2. The average molecular weight is 291 g/mol. The van der Waals surface area contributed by atoms with Crippen molar-refractivity contribution in [3.05, 3.63) is 29.6 Å². The van der Waals surface area contributed by atoms with E-state index in [0.717, 1.165) is 37.1 Å². The molecule has 2 atom stereocenters. The minimum absolute atomic E-state index is 0.286. The summed E-state index contributed by atoms with van der Waals surface area (Å²) in [5, 5.41) is 0.470. The van der Waals surface area contributed by atoms with Gasteiger partial charge in [-0.15, -0.1) is 0 Å². The molecule has 2 aliphatic heterocycles. The summed E-state index contributed by atoms with van der Waals surface area (Å²) in [5.41, 5.74) is 0.832. The van der Waals surface area contributed by atoms with Crippen LogP contribution >= 0.6 is 11.6 Å². The van der Waals surface area contributed by atoms with E-state index < -0.39 is 0 Å². The molecule has 2 aromatic rings. The van der Waals surface area contributed by atoms with E-state index in [1.54, 1.807) is 12.4 Å². The zero-order chi connectivity index (χ0) is 13.7. The van der Waals surface area contributed by atoms with Crippen molar-refractivity contribution in [3.8, 4) is 0 Å². The van der Waals surface area contributed by atoms with Gasteiger partial charge in [0.1, 0.15) is 11.3 Å². The van der Waals surface area contributed by atoms with Crippen LogP contribution in [-0.2, 0) is 4.79 Å². The molecule has 0 saturated carbocycles. The summed E-state index contributed by atoms with van der Waals surface area (Å²) in [7, 11) is 0. The Kier molecular flexibility index (Phi) is 2.70. The van der Waals surface area contributed by atoms with Gasteiger partial charge >= 0.3 is 0 Å². The molecule has 2 fully saturated rings. The molecule has 0 aromatic carbocycles. The SMILES string of the molecule is O=C1CC[C@@H]2CCC(c3ncc4c(Cl)nccn34)CN12. The van der Waals surface area contributed by atoms with Gasteiger partial charge in [-0.2, -0.15) is 0 Å². The molecule has 5 nitrogen and oxygen atoms in total. The smallest absolute Gasteiger partial charge is 0.222 e. The van der Waals surface area contributed by atoms with Gasteiger partial charge in [0, 0.05) is 37.3 Å². The number of carbonyl (C=O) groups is 1. The zero-order valence-corrected chi connectivity index (χ0v) is 11.8. The molecule has 2 aromatic heterocycles. The number of rotatable bonds is 1. The highest BCUT2D eigenvalue weighted by Gasteiger charge is 2.37. The van der Waals surface area contributed by atoms with Crippen molar-refractivity contribution >= 4 is 23.0 Å². The third-order valence-corrected chi connectivity index (χ3v) is 4.81. The Morgan fingerprint density at radius 3 is 3.05 bits per heavy atom. The monoisotopic (exact) mass is 290 g/mol. The van der Waals surface area contributed by atoms with Crippen LogP contribution in [0.25, 0.3) is 5.52 Å². The summed E-state index contributed by atoms with van der Waals surface area (Å²) in [6, 6.07) is 0.454. The second-order valence-corrected chi connectivity index (χ2v) is 5.96. The van der Waals surface area contributed by atoms with Crippen LogP contribution in [0.1, 0.15) is 37.4 Å². The van der Waals surface area contributed by atoms with E-state index in [-0.39, 0.29) is 5.92 Å². The molecule has 1 amide bonds. The molecule has 0 spiro atoms. The highest BCUT2D eigenvalue weighted by atomic mass is 35.5. The van der Waals surface area contributed by atoms with Crippen molar-refractivity contribution in [1.82, 2.24) is 19.3 Å². The molecule has 0 N–H and O–H groups in total. The van der Waals surface area contributed by atoms with Crippen molar-refractivity contribution in [2.75, 3.05) is 6.54 Å². The maximum absolute atomic E-state index is 11.9. The summed E-state index contributed by atoms with van der Waals surface area (Å²) in [5.74, 6) is 1.57. The minimum atomic E-state index is 0.286.